The number of non-ortho nitro benzene ring substituents is 1. The Morgan fingerprint density at radius 2 is 2.00 bits per heavy atom. The highest BCUT2D eigenvalue weighted by Crippen LogP contribution is 2.11. The van der Waals surface area contributed by atoms with Gasteiger partial charge in [-0.15, -0.1) is 0 Å². The van der Waals surface area contributed by atoms with Crippen LogP contribution in [0.2, 0.25) is 0 Å². The fourth-order valence-corrected chi connectivity index (χ4v) is 1.85. The van der Waals surface area contributed by atoms with Crippen LogP contribution in [0.4, 0.5) is 11.4 Å². The van der Waals surface area contributed by atoms with E-state index < -0.39 is 4.92 Å². The topological polar surface area (TPSA) is 79.6 Å². The number of thiocarbonyl (C=S) groups is 1. The number of anilines is 1. The number of hydrogen-bond donors (Lipinski definition) is 2. The van der Waals surface area contributed by atoms with Crippen LogP contribution in [0.5, 0.6) is 0 Å². The minimum atomic E-state index is -0.450. The molecule has 2 aromatic carbocycles. The minimum absolute atomic E-state index is 0.0179. The molecule has 0 aliphatic heterocycles. The van der Waals surface area contributed by atoms with Crippen molar-refractivity contribution in [3.05, 3.63) is 69.8 Å². The van der Waals surface area contributed by atoms with E-state index in [0.717, 1.165) is 11.3 Å². The third-order valence-corrected chi connectivity index (χ3v) is 2.96. The molecule has 2 N–H and O–H groups in total. The van der Waals surface area contributed by atoms with Gasteiger partial charge in [0.15, 0.2) is 5.11 Å². The molecule has 0 unspecified atom stereocenters. The number of nitro benzene ring substituents is 1. The Kier molecular flexibility index (Phi) is 5.16. The van der Waals surface area contributed by atoms with Crippen molar-refractivity contribution in [3.8, 4) is 0 Å². The molecule has 0 aliphatic carbocycles. The van der Waals surface area contributed by atoms with Crippen molar-refractivity contribution < 1.29 is 4.92 Å². The number of hydrazone groups is 1. The summed E-state index contributed by atoms with van der Waals surface area (Å²) in [5.41, 5.74) is 5.31. The molecular formula is C15H14N4O2S. The van der Waals surface area contributed by atoms with E-state index in [1.54, 1.807) is 12.1 Å². The number of nitro groups is 1. The molecule has 6 nitrogen and oxygen atoms in total. The first-order valence-corrected chi connectivity index (χ1v) is 6.86. The van der Waals surface area contributed by atoms with E-state index in [1.165, 1.54) is 18.3 Å². The van der Waals surface area contributed by atoms with Crippen molar-refractivity contribution in [1.82, 2.24) is 5.43 Å². The third kappa shape index (κ3) is 4.64. The van der Waals surface area contributed by atoms with Gasteiger partial charge in [0, 0.05) is 23.4 Å². The van der Waals surface area contributed by atoms with Crippen LogP contribution in [0.1, 0.15) is 11.1 Å². The molecule has 0 saturated carbocycles. The molecule has 2 rings (SSSR count). The Balaban J connectivity index is 1.91. The maximum absolute atomic E-state index is 10.7. The van der Waals surface area contributed by atoms with Crippen LogP contribution < -0.4 is 10.7 Å². The van der Waals surface area contributed by atoms with Gasteiger partial charge in [0.25, 0.3) is 5.69 Å². The summed E-state index contributed by atoms with van der Waals surface area (Å²) in [5.74, 6) is 0. The lowest BCUT2D eigenvalue weighted by molar-refractivity contribution is -0.384. The van der Waals surface area contributed by atoms with Gasteiger partial charge in [-0.1, -0.05) is 29.8 Å². The Labute approximate surface area is 133 Å². The van der Waals surface area contributed by atoms with Crippen molar-refractivity contribution in [2.24, 2.45) is 5.10 Å². The van der Waals surface area contributed by atoms with Crippen LogP contribution in [0.3, 0.4) is 0 Å². The Morgan fingerprint density at radius 1 is 1.27 bits per heavy atom. The van der Waals surface area contributed by atoms with E-state index in [2.05, 4.69) is 15.8 Å². The molecule has 0 heterocycles. The van der Waals surface area contributed by atoms with Gasteiger partial charge in [0.2, 0.25) is 0 Å². The molecule has 0 fully saturated rings. The molecule has 0 spiro atoms. The Morgan fingerprint density at radius 3 is 2.68 bits per heavy atom. The molecule has 0 aromatic heterocycles. The van der Waals surface area contributed by atoms with Crippen LogP contribution in [0.25, 0.3) is 0 Å². The van der Waals surface area contributed by atoms with Crippen LogP contribution in [-0.4, -0.2) is 16.3 Å². The highest BCUT2D eigenvalue weighted by Gasteiger charge is 2.03. The minimum Gasteiger partial charge on any atom is -0.331 e. The summed E-state index contributed by atoms with van der Waals surface area (Å²) in [5, 5.41) is 18.0. The van der Waals surface area contributed by atoms with Gasteiger partial charge < -0.3 is 5.32 Å². The normalized spacial score (nSPS) is 10.4. The molecule has 0 atom stereocenters. The number of benzene rings is 2. The largest absolute Gasteiger partial charge is 0.331 e. The van der Waals surface area contributed by atoms with Gasteiger partial charge in [-0.3, -0.25) is 15.5 Å². The van der Waals surface area contributed by atoms with Crippen molar-refractivity contribution in [3.63, 3.8) is 0 Å². The summed E-state index contributed by atoms with van der Waals surface area (Å²) in [4.78, 5) is 10.2. The monoisotopic (exact) mass is 314 g/mol. The standard InChI is InChI=1S/C15H14N4O2S/c1-11-5-7-13(8-6-11)17-15(22)18-16-10-12-3-2-4-14(9-12)19(20)21/h2-10H,1H3,(H2,17,18,22)/b16-10-. The fourth-order valence-electron chi connectivity index (χ4n) is 1.68. The highest BCUT2D eigenvalue weighted by atomic mass is 32.1. The molecule has 0 radical (unpaired) electrons. The lowest BCUT2D eigenvalue weighted by atomic mass is 10.2. The van der Waals surface area contributed by atoms with E-state index in [1.807, 2.05) is 31.2 Å². The van der Waals surface area contributed by atoms with Crippen molar-refractivity contribution in [2.75, 3.05) is 5.32 Å². The van der Waals surface area contributed by atoms with E-state index in [4.69, 9.17) is 12.2 Å². The van der Waals surface area contributed by atoms with Gasteiger partial charge in [0.05, 0.1) is 11.1 Å². The quantitative estimate of drug-likeness (QED) is 0.392. The summed E-state index contributed by atoms with van der Waals surface area (Å²) >= 11 is 5.11. The van der Waals surface area contributed by atoms with Crippen molar-refractivity contribution in [2.45, 2.75) is 6.92 Å². The lowest BCUT2D eigenvalue weighted by Gasteiger charge is -2.06. The molecule has 0 bridgehead atoms. The van der Waals surface area contributed by atoms with Gasteiger partial charge in [-0.05, 0) is 31.3 Å². The maximum Gasteiger partial charge on any atom is 0.270 e. The second-order valence-electron chi connectivity index (χ2n) is 4.54. The lowest BCUT2D eigenvalue weighted by Crippen LogP contribution is -2.23. The van der Waals surface area contributed by atoms with Crippen LogP contribution in [-0.2, 0) is 0 Å². The molecule has 7 heteroatoms. The summed E-state index contributed by atoms with van der Waals surface area (Å²) in [6.07, 6.45) is 1.47. The van der Waals surface area contributed by atoms with Crippen molar-refractivity contribution >= 4 is 34.9 Å². The second-order valence-corrected chi connectivity index (χ2v) is 4.95. The highest BCUT2D eigenvalue weighted by molar-refractivity contribution is 7.80. The van der Waals surface area contributed by atoms with Crippen molar-refractivity contribution in [1.29, 1.82) is 0 Å². The van der Waals surface area contributed by atoms with Gasteiger partial charge in [0.1, 0.15) is 0 Å². The number of nitrogens with zero attached hydrogens (tertiary/aromatic N) is 2. The number of rotatable bonds is 4. The number of hydrogen-bond acceptors (Lipinski definition) is 4. The van der Waals surface area contributed by atoms with Gasteiger partial charge in [-0.25, -0.2) is 0 Å². The molecular weight excluding hydrogens is 300 g/mol. The van der Waals surface area contributed by atoms with Crippen LogP contribution in [0.15, 0.2) is 53.6 Å². The van der Waals surface area contributed by atoms with E-state index >= 15 is 0 Å². The summed E-state index contributed by atoms with van der Waals surface area (Å²) in [7, 11) is 0. The maximum atomic E-state index is 10.7. The summed E-state index contributed by atoms with van der Waals surface area (Å²) < 4.78 is 0. The zero-order valence-electron chi connectivity index (χ0n) is 11.8. The molecule has 0 saturated heterocycles. The summed E-state index contributed by atoms with van der Waals surface area (Å²) in [6, 6.07) is 13.9. The molecule has 112 valence electrons. The Hall–Kier alpha value is -2.80. The molecule has 0 amide bonds. The first-order valence-electron chi connectivity index (χ1n) is 6.46. The fraction of sp³-hybridized carbons (Fsp3) is 0.0667. The van der Waals surface area contributed by atoms with E-state index in [-0.39, 0.29) is 5.69 Å². The summed E-state index contributed by atoms with van der Waals surface area (Å²) in [6.45, 7) is 2.00. The van der Waals surface area contributed by atoms with Gasteiger partial charge >= 0.3 is 0 Å². The van der Waals surface area contributed by atoms with Crippen LogP contribution >= 0.6 is 12.2 Å². The zero-order chi connectivity index (χ0) is 15.9. The second kappa shape index (κ2) is 7.28. The van der Waals surface area contributed by atoms with Gasteiger partial charge in [-0.2, -0.15) is 5.10 Å². The smallest absolute Gasteiger partial charge is 0.270 e. The molecule has 0 aliphatic rings. The predicted octanol–water partition coefficient (Wildman–Crippen LogP) is 3.22. The number of nitrogens with one attached hydrogen (secondary N) is 2. The van der Waals surface area contributed by atoms with E-state index in [0.29, 0.717) is 10.7 Å². The average molecular weight is 314 g/mol. The zero-order valence-corrected chi connectivity index (χ0v) is 12.6. The first kappa shape index (κ1) is 15.6. The third-order valence-electron chi connectivity index (χ3n) is 2.77. The first-order chi connectivity index (χ1) is 10.5. The van der Waals surface area contributed by atoms with Crippen LogP contribution in [0, 0.1) is 17.0 Å². The number of aryl methyl sites for hydroxylation is 1. The SMILES string of the molecule is Cc1ccc(NC(=S)N/N=C\c2cccc([N+](=O)[O-])c2)cc1. The van der Waals surface area contributed by atoms with E-state index in [9.17, 15) is 10.1 Å². The Bertz CT molecular complexity index is 714. The molecule has 22 heavy (non-hydrogen) atoms. The average Bonchev–Trinajstić information content (AvgIpc) is 2.50. The molecule has 2 aromatic rings. The predicted molar refractivity (Wildman–Crippen MR) is 91.2 cm³/mol.